The van der Waals surface area contributed by atoms with E-state index in [1.807, 2.05) is 13.8 Å². The van der Waals surface area contributed by atoms with Gasteiger partial charge in [-0.15, -0.1) is 0 Å². The SMILES string of the molecule is CC(C)CC(=O)[C@@H]1CCC(=O)O1. The fourth-order valence-electron chi connectivity index (χ4n) is 1.29. The van der Waals surface area contributed by atoms with Crippen LogP contribution >= 0.6 is 0 Å². The first-order chi connectivity index (χ1) is 5.59. The molecule has 0 saturated carbocycles. The largest absolute Gasteiger partial charge is 0.454 e. The molecule has 0 N–H and O–H groups in total. The Morgan fingerprint density at radius 2 is 2.33 bits per heavy atom. The van der Waals surface area contributed by atoms with Gasteiger partial charge in [0.1, 0.15) is 0 Å². The van der Waals surface area contributed by atoms with Crippen molar-refractivity contribution in [3.8, 4) is 0 Å². The second-order valence-corrected chi connectivity index (χ2v) is 3.58. The highest BCUT2D eigenvalue weighted by Crippen LogP contribution is 2.17. The van der Waals surface area contributed by atoms with Crippen molar-refractivity contribution in [3.63, 3.8) is 0 Å². The normalized spacial score (nSPS) is 22.9. The fraction of sp³-hybridized carbons (Fsp3) is 0.778. The van der Waals surface area contributed by atoms with Crippen molar-refractivity contribution in [2.75, 3.05) is 0 Å². The average molecular weight is 170 g/mol. The van der Waals surface area contributed by atoms with E-state index in [1.165, 1.54) is 0 Å². The van der Waals surface area contributed by atoms with E-state index in [9.17, 15) is 9.59 Å². The minimum atomic E-state index is -0.445. The van der Waals surface area contributed by atoms with Gasteiger partial charge in [0, 0.05) is 19.3 Å². The summed E-state index contributed by atoms with van der Waals surface area (Å²) in [5.41, 5.74) is 0. The van der Waals surface area contributed by atoms with Gasteiger partial charge >= 0.3 is 5.97 Å². The van der Waals surface area contributed by atoms with Crippen molar-refractivity contribution < 1.29 is 14.3 Å². The van der Waals surface area contributed by atoms with Crippen LogP contribution in [-0.2, 0) is 14.3 Å². The van der Waals surface area contributed by atoms with E-state index in [0.717, 1.165) is 0 Å². The Hall–Kier alpha value is -0.860. The molecule has 0 aromatic carbocycles. The van der Waals surface area contributed by atoms with Crippen LogP contribution in [0.4, 0.5) is 0 Å². The lowest BCUT2D eigenvalue weighted by atomic mass is 10.0. The Balaban J connectivity index is 2.38. The maximum Gasteiger partial charge on any atom is 0.306 e. The van der Waals surface area contributed by atoms with E-state index in [-0.39, 0.29) is 11.8 Å². The lowest BCUT2D eigenvalue weighted by Crippen LogP contribution is -2.21. The first-order valence-electron chi connectivity index (χ1n) is 4.32. The number of ketones is 1. The zero-order valence-corrected chi connectivity index (χ0v) is 7.50. The number of ether oxygens (including phenoxy) is 1. The Kier molecular flexibility index (Phi) is 2.84. The average Bonchev–Trinajstić information content (AvgIpc) is 2.34. The minimum Gasteiger partial charge on any atom is -0.454 e. The van der Waals surface area contributed by atoms with Crippen LogP contribution in [0.15, 0.2) is 0 Å². The van der Waals surface area contributed by atoms with E-state index in [2.05, 4.69) is 0 Å². The third-order valence-electron chi connectivity index (χ3n) is 1.85. The molecular weight excluding hydrogens is 156 g/mol. The zero-order valence-electron chi connectivity index (χ0n) is 7.50. The molecule has 0 bridgehead atoms. The van der Waals surface area contributed by atoms with Crippen molar-refractivity contribution in [3.05, 3.63) is 0 Å². The molecule has 1 fully saturated rings. The lowest BCUT2D eigenvalue weighted by Gasteiger charge is -2.08. The molecule has 0 aromatic rings. The number of hydrogen-bond acceptors (Lipinski definition) is 3. The van der Waals surface area contributed by atoms with Crippen LogP contribution in [0.5, 0.6) is 0 Å². The highest BCUT2D eigenvalue weighted by Gasteiger charge is 2.29. The molecule has 68 valence electrons. The molecule has 1 heterocycles. The van der Waals surface area contributed by atoms with Crippen molar-refractivity contribution in [1.29, 1.82) is 0 Å². The van der Waals surface area contributed by atoms with Crippen LogP contribution in [0.3, 0.4) is 0 Å². The van der Waals surface area contributed by atoms with Gasteiger partial charge in [-0.2, -0.15) is 0 Å². The molecule has 0 amide bonds. The summed E-state index contributed by atoms with van der Waals surface area (Å²) in [6.45, 7) is 3.96. The first kappa shape index (κ1) is 9.23. The van der Waals surface area contributed by atoms with E-state index in [4.69, 9.17) is 4.74 Å². The molecule has 3 heteroatoms. The molecular formula is C9H14O3. The van der Waals surface area contributed by atoms with Crippen LogP contribution in [0.2, 0.25) is 0 Å². The summed E-state index contributed by atoms with van der Waals surface area (Å²) in [7, 11) is 0. The van der Waals surface area contributed by atoms with Gasteiger partial charge in [-0.05, 0) is 5.92 Å². The Morgan fingerprint density at radius 3 is 2.75 bits per heavy atom. The van der Waals surface area contributed by atoms with E-state index in [0.29, 0.717) is 25.2 Å². The van der Waals surface area contributed by atoms with E-state index >= 15 is 0 Å². The summed E-state index contributed by atoms with van der Waals surface area (Å²) in [5, 5.41) is 0. The molecule has 0 radical (unpaired) electrons. The minimum absolute atomic E-state index is 0.0656. The van der Waals surface area contributed by atoms with Crippen LogP contribution in [0.1, 0.15) is 33.1 Å². The highest BCUT2D eigenvalue weighted by atomic mass is 16.6. The second-order valence-electron chi connectivity index (χ2n) is 3.58. The molecule has 3 nitrogen and oxygen atoms in total. The van der Waals surface area contributed by atoms with E-state index < -0.39 is 6.10 Å². The van der Waals surface area contributed by atoms with Crippen LogP contribution in [0, 0.1) is 5.92 Å². The monoisotopic (exact) mass is 170 g/mol. The maximum atomic E-state index is 11.3. The van der Waals surface area contributed by atoms with Crippen molar-refractivity contribution in [1.82, 2.24) is 0 Å². The van der Waals surface area contributed by atoms with Gasteiger partial charge in [-0.3, -0.25) is 9.59 Å². The summed E-state index contributed by atoms with van der Waals surface area (Å²) in [5.74, 6) is 0.171. The molecule has 0 aliphatic carbocycles. The summed E-state index contributed by atoms with van der Waals surface area (Å²) in [4.78, 5) is 22.0. The predicted octanol–water partition coefficient (Wildman–Crippen LogP) is 1.31. The van der Waals surface area contributed by atoms with E-state index in [1.54, 1.807) is 0 Å². The van der Waals surface area contributed by atoms with Gasteiger partial charge < -0.3 is 4.74 Å². The van der Waals surface area contributed by atoms with Gasteiger partial charge in [0.25, 0.3) is 0 Å². The summed E-state index contributed by atoms with van der Waals surface area (Å²) >= 11 is 0. The van der Waals surface area contributed by atoms with Crippen molar-refractivity contribution in [2.45, 2.75) is 39.2 Å². The zero-order chi connectivity index (χ0) is 9.14. The van der Waals surface area contributed by atoms with Gasteiger partial charge in [-0.1, -0.05) is 13.8 Å². The number of rotatable bonds is 3. The number of carbonyl (C=O) groups is 2. The lowest BCUT2D eigenvalue weighted by molar-refractivity contribution is -0.147. The Labute approximate surface area is 72.1 Å². The first-order valence-corrected chi connectivity index (χ1v) is 4.32. The third-order valence-corrected chi connectivity index (χ3v) is 1.85. The van der Waals surface area contributed by atoms with Crippen molar-refractivity contribution >= 4 is 11.8 Å². The number of esters is 1. The predicted molar refractivity (Wildman–Crippen MR) is 43.6 cm³/mol. The molecule has 12 heavy (non-hydrogen) atoms. The van der Waals surface area contributed by atoms with Gasteiger partial charge in [-0.25, -0.2) is 0 Å². The molecule has 0 unspecified atom stereocenters. The van der Waals surface area contributed by atoms with Crippen molar-refractivity contribution in [2.24, 2.45) is 5.92 Å². The van der Waals surface area contributed by atoms with Crippen LogP contribution in [0.25, 0.3) is 0 Å². The number of Topliss-reactive ketones (excluding diaryl/α,β-unsaturated/α-hetero) is 1. The highest BCUT2D eigenvalue weighted by molar-refractivity contribution is 5.88. The van der Waals surface area contributed by atoms with Gasteiger partial charge in [0.15, 0.2) is 11.9 Å². The molecule has 1 atom stereocenters. The summed E-state index contributed by atoms with van der Waals surface area (Å²) in [6, 6.07) is 0. The quantitative estimate of drug-likeness (QED) is 0.600. The number of hydrogen-bond donors (Lipinski definition) is 0. The topological polar surface area (TPSA) is 43.4 Å². The van der Waals surface area contributed by atoms with Crippen LogP contribution in [-0.4, -0.2) is 17.9 Å². The molecule has 1 saturated heterocycles. The second kappa shape index (κ2) is 3.70. The molecule has 1 aliphatic rings. The Bertz CT molecular complexity index is 196. The van der Waals surface area contributed by atoms with Gasteiger partial charge in [0.05, 0.1) is 0 Å². The smallest absolute Gasteiger partial charge is 0.306 e. The van der Waals surface area contributed by atoms with Crippen LogP contribution < -0.4 is 0 Å². The third kappa shape index (κ3) is 2.32. The molecule has 1 rings (SSSR count). The number of carbonyl (C=O) groups excluding carboxylic acids is 2. The Morgan fingerprint density at radius 1 is 1.67 bits per heavy atom. The maximum absolute atomic E-state index is 11.3. The molecule has 1 aliphatic heterocycles. The standard InChI is InChI=1S/C9H14O3/c1-6(2)5-7(10)8-3-4-9(11)12-8/h6,8H,3-5H2,1-2H3/t8-/m0/s1. The summed E-state index contributed by atoms with van der Waals surface area (Å²) < 4.78 is 4.84. The molecule has 0 aromatic heterocycles. The van der Waals surface area contributed by atoms with Gasteiger partial charge in [0.2, 0.25) is 0 Å². The number of cyclic esters (lactones) is 1. The fourth-order valence-corrected chi connectivity index (χ4v) is 1.29. The summed E-state index contributed by atoms with van der Waals surface area (Å²) in [6.07, 6.45) is 1.04. The molecule has 0 spiro atoms.